The molecule has 5 heteroatoms. The van der Waals surface area contributed by atoms with Crippen LogP contribution in [0, 0.1) is 5.92 Å². The number of halogens is 1. The molecule has 1 rings (SSSR count). The fourth-order valence-corrected chi connectivity index (χ4v) is 1.84. The first-order valence-electron chi connectivity index (χ1n) is 6.78. The second-order valence-corrected chi connectivity index (χ2v) is 5.36. The Morgan fingerprint density at radius 2 is 1.90 bits per heavy atom. The zero-order valence-electron chi connectivity index (χ0n) is 11.9. The molecule has 1 aromatic carbocycles. The van der Waals surface area contributed by atoms with Gasteiger partial charge < -0.3 is 10.6 Å². The van der Waals surface area contributed by atoms with Crippen molar-refractivity contribution >= 4 is 23.4 Å². The number of hydrogen-bond acceptors (Lipinski definition) is 2. The van der Waals surface area contributed by atoms with Gasteiger partial charge in [0, 0.05) is 30.5 Å². The minimum absolute atomic E-state index is 0.00169. The normalized spacial score (nSPS) is 10.4. The van der Waals surface area contributed by atoms with E-state index < -0.39 is 0 Å². The third-order valence-electron chi connectivity index (χ3n) is 2.80. The molecular formula is C15H21ClN2O2. The summed E-state index contributed by atoms with van der Waals surface area (Å²) < 4.78 is 0. The van der Waals surface area contributed by atoms with Crippen LogP contribution in [-0.2, 0) is 16.0 Å². The highest BCUT2D eigenvalue weighted by molar-refractivity contribution is 6.30. The fraction of sp³-hybridized carbons (Fsp3) is 0.467. The molecule has 0 aliphatic heterocycles. The van der Waals surface area contributed by atoms with Crippen molar-refractivity contribution < 1.29 is 9.59 Å². The largest absolute Gasteiger partial charge is 0.354 e. The zero-order chi connectivity index (χ0) is 15.0. The van der Waals surface area contributed by atoms with Gasteiger partial charge in [-0.15, -0.1) is 0 Å². The van der Waals surface area contributed by atoms with Gasteiger partial charge in [0.05, 0.1) is 0 Å². The Bertz CT molecular complexity index is 461. The van der Waals surface area contributed by atoms with Crippen molar-refractivity contribution in [1.82, 2.24) is 10.6 Å². The number of amides is 2. The van der Waals surface area contributed by atoms with Crippen molar-refractivity contribution in [3.05, 3.63) is 34.9 Å². The minimum atomic E-state index is -0.0338. The molecule has 0 heterocycles. The monoisotopic (exact) mass is 296 g/mol. The van der Waals surface area contributed by atoms with Crippen molar-refractivity contribution in [2.24, 2.45) is 5.92 Å². The SMILES string of the molecule is CC(C)C(=O)NCCNC(=O)CCc1cccc(Cl)c1. The number of aryl methyl sites for hydroxylation is 1. The average molecular weight is 297 g/mol. The lowest BCUT2D eigenvalue weighted by atomic mass is 10.1. The summed E-state index contributed by atoms with van der Waals surface area (Å²) >= 11 is 5.88. The van der Waals surface area contributed by atoms with Gasteiger partial charge in [0.15, 0.2) is 0 Å². The maximum absolute atomic E-state index is 11.6. The molecular weight excluding hydrogens is 276 g/mol. The smallest absolute Gasteiger partial charge is 0.222 e. The van der Waals surface area contributed by atoms with Gasteiger partial charge in [0.1, 0.15) is 0 Å². The number of hydrogen-bond donors (Lipinski definition) is 2. The summed E-state index contributed by atoms with van der Waals surface area (Å²) in [5.74, 6) is -0.0597. The van der Waals surface area contributed by atoms with E-state index in [-0.39, 0.29) is 17.7 Å². The van der Waals surface area contributed by atoms with Crippen LogP contribution in [0.15, 0.2) is 24.3 Å². The molecule has 0 saturated heterocycles. The second kappa shape index (κ2) is 8.59. The molecule has 0 fully saturated rings. The van der Waals surface area contributed by atoms with E-state index in [2.05, 4.69) is 10.6 Å². The number of benzene rings is 1. The van der Waals surface area contributed by atoms with Gasteiger partial charge in [-0.2, -0.15) is 0 Å². The maximum Gasteiger partial charge on any atom is 0.222 e. The molecule has 0 saturated carbocycles. The standard InChI is InChI=1S/C15H21ClN2O2/c1-11(2)15(20)18-9-8-17-14(19)7-6-12-4-3-5-13(16)10-12/h3-5,10-11H,6-9H2,1-2H3,(H,17,19)(H,18,20). The number of nitrogens with one attached hydrogen (secondary N) is 2. The predicted octanol–water partition coefficient (Wildman–Crippen LogP) is 2.16. The maximum atomic E-state index is 11.6. The summed E-state index contributed by atoms with van der Waals surface area (Å²) in [4.78, 5) is 22.9. The van der Waals surface area contributed by atoms with E-state index in [0.717, 1.165) is 5.56 Å². The second-order valence-electron chi connectivity index (χ2n) is 4.93. The average Bonchev–Trinajstić information content (AvgIpc) is 2.41. The summed E-state index contributed by atoms with van der Waals surface area (Å²) in [7, 11) is 0. The molecule has 0 aromatic heterocycles. The Morgan fingerprint density at radius 1 is 1.20 bits per heavy atom. The Labute approximate surface area is 124 Å². The number of carbonyl (C=O) groups is 2. The molecule has 1 aromatic rings. The van der Waals surface area contributed by atoms with Gasteiger partial charge in [-0.05, 0) is 24.1 Å². The molecule has 0 unspecified atom stereocenters. The van der Waals surface area contributed by atoms with Gasteiger partial charge in [0.25, 0.3) is 0 Å². The van der Waals surface area contributed by atoms with Gasteiger partial charge in [-0.1, -0.05) is 37.6 Å². The fourth-order valence-electron chi connectivity index (χ4n) is 1.63. The highest BCUT2D eigenvalue weighted by Gasteiger charge is 2.06. The zero-order valence-corrected chi connectivity index (χ0v) is 12.7. The molecule has 110 valence electrons. The van der Waals surface area contributed by atoms with Crippen molar-refractivity contribution in [1.29, 1.82) is 0 Å². The quantitative estimate of drug-likeness (QED) is 0.758. The van der Waals surface area contributed by atoms with E-state index in [9.17, 15) is 9.59 Å². The van der Waals surface area contributed by atoms with E-state index in [4.69, 9.17) is 11.6 Å². The molecule has 2 amide bonds. The van der Waals surface area contributed by atoms with Crippen LogP contribution >= 0.6 is 11.6 Å². The Kier molecular flexibility index (Phi) is 7.09. The first kappa shape index (κ1) is 16.5. The van der Waals surface area contributed by atoms with Crippen LogP contribution in [0.4, 0.5) is 0 Å². The molecule has 20 heavy (non-hydrogen) atoms. The first-order valence-corrected chi connectivity index (χ1v) is 7.15. The molecule has 0 aliphatic carbocycles. The lowest BCUT2D eigenvalue weighted by molar-refractivity contribution is -0.124. The van der Waals surface area contributed by atoms with Gasteiger partial charge in [-0.3, -0.25) is 9.59 Å². The Hall–Kier alpha value is -1.55. The predicted molar refractivity (Wildman–Crippen MR) is 80.6 cm³/mol. The van der Waals surface area contributed by atoms with E-state index >= 15 is 0 Å². The summed E-state index contributed by atoms with van der Waals surface area (Å²) in [6.07, 6.45) is 1.07. The van der Waals surface area contributed by atoms with Crippen molar-refractivity contribution in [3.63, 3.8) is 0 Å². The summed E-state index contributed by atoms with van der Waals surface area (Å²) in [6, 6.07) is 7.49. The van der Waals surface area contributed by atoms with E-state index in [1.165, 1.54) is 0 Å². The topological polar surface area (TPSA) is 58.2 Å². The van der Waals surface area contributed by atoms with Crippen LogP contribution in [0.3, 0.4) is 0 Å². The number of carbonyl (C=O) groups excluding carboxylic acids is 2. The van der Waals surface area contributed by atoms with Crippen LogP contribution in [0.2, 0.25) is 5.02 Å². The van der Waals surface area contributed by atoms with E-state index in [1.807, 2.05) is 38.1 Å². The van der Waals surface area contributed by atoms with Crippen LogP contribution in [-0.4, -0.2) is 24.9 Å². The first-order chi connectivity index (χ1) is 9.49. The van der Waals surface area contributed by atoms with Gasteiger partial charge in [-0.25, -0.2) is 0 Å². The van der Waals surface area contributed by atoms with Gasteiger partial charge in [0.2, 0.25) is 11.8 Å². The van der Waals surface area contributed by atoms with Crippen LogP contribution in [0.1, 0.15) is 25.8 Å². The minimum Gasteiger partial charge on any atom is -0.354 e. The lowest BCUT2D eigenvalue weighted by Gasteiger charge is -2.08. The Morgan fingerprint density at radius 3 is 2.55 bits per heavy atom. The molecule has 4 nitrogen and oxygen atoms in total. The van der Waals surface area contributed by atoms with E-state index in [1.54, 1.807) is 0 Å². The summed E-state index contributed by atoms with van der Waals surface area (Å²) in [5, 5.41) is 6.20. The summed E-state index contributed by atoms with van der Waals surface area (Å²) in [6.45, 7) is 4.57. The van der Waals surface area contributed by atoms with E-state index in [0.29, 0.717) is 31.0 Å². The van der Waals surface area contributed by atoms with Crippen molar-refractivity contribution in [2.45, 2.75) is 26.7 Å². The van der Waals surface area contributed by atoms with Crippen LogP contribution in [0.5, 0.6) is 0 Å². The third-order valence-corrected chi connectivity index (χ3v) is 3.04. The van der Waals surface area contributed by atoms with Crippen molar-refractivity contribution in [2.75, 3.05) is 13.1 Å². The lowest BCUT2D eigenvalue weighted by Crippen LogP contribution is -2.36. The summed E-state index contributed by atoms with van der Waals surface area (Å²) in [5.41, 5.74) is 1.04. The van der Waals surface area contributed by atoms with Crippen LogP contribution < -0.4 is 10.6 Å². The molecule has 0 spiro atoms. The molecule has 0 aliphatic rings. The number of rotatable bonds is 7. The molecule has 2 N–H and O–H groups in total. The highest BCUT2D eigenvalue weighted by atomic mass is 35.5. The Balaban J connectivity index is 2.16. The van der Waals surface area contributed by atoms with Gasteiger partial charge >= 0.3 is 0 Å². The third kappa shape index (κ3) is 6.57. The molecule has 0 radical (unpaired) electrons. The van der Waals surface area contributed by atoms with Crippen molar-refractivity contribution in [3.8, 4) is 0 Å². The molecule has 0 bridgehead atoms. The van der Waals surface area contributed by atoms with Crippen LogP contribution in [0.25, 0.3) is 0 Å². The molecule has 0 atom stereocenters. The highest BCUT2D eigenvalue weighted by Crippen LogP contribution is 2.11.